The van der Waals surface area contributed by atoms with E-state index >= 15 is 0 Å². The highest BCUT2D eigenvalue weighted by atomic mass is 16.5. The summed E-state index contributed by atoms with van der Waals surface area (Å²) in [4.78, 5) is 21.4. The van der Waals surface area contributed by atoms with Gasteiger partial charge in [0.1, 0.15) is 11.5 Å². The average Bonchev–Trinajstić information content (AvgIpc) is 3.36. The van der Waals surface area contributed by atoms with Gasteiger partial charge in [-0.1, -0.05) is 12.1 Å². The van der Waals surface area contributed by atoms with Crippen LogP contribution in [0.5, 0.6) is 0 Å². The van der Waals surface area contributed by atoms with Crippen LogP contribution in [-0.4, -0.2) is 25.7 Å². The third-order valence-corrected chi connectivity index (χ3v) is 4.58. The number of esters is 1. The van der Waals surface area contributed by atoms with E-state index < -0.39 is 5.97 Å². The van der Waals surface area contributed by atoms with Crippen LogP contribution in [0.2, 0.25) is 0 Å². The monoisotopic (exact) mass is 365 g/mol. The number of carbonyl (C=O) groups excluding carboxylic acids is 1. The minimum absolute atomic E-state index is 0.0397. The molecule has 0 aliphatic heterocycles. The fourth-order valence-electron chi connectivity index (χ4n) is 3.05. The van der Waals surface area contributed by atoms with Crippen LogP contribution >= 0.6 is 0 Å². The van der Waals surface area contributed by atoms with Gasteiger partial charge in [-0.3, -0.25) is 4.68 Å². The predicted octanol–water partition coefficient (Wildman–Crippen LogP) is 3.40. The molecule has 7 heteroatoms. The lowest BCUT2D eigenvalue weighted by Gasteiger charge is -2.21. The molecule has 3 aromatic rings. The van der Waals surface area contributed by atoms with Crippen molar-refractivity contribution in [3.05, 3.63) is 47.5 Å². The quantitative estimate of drug-likeness (QED) is 0.712. The third kappa shape index (κ3) is 3.49. The minimum atomic E-state index is -0.431. The number of anilines is 1. The molecule has 4 rings (SSSR count). The van der Waals surface area contributed by atoms with Crippen molar-refractivity contribution in [3.8, 4) is 0 Å². The lowest BCUT2D eigenvalue weighted by molar-refractivity contribution is 0.0440. The predicted molar refractivity (Wildman–Crippen MR) is 102 cm³/mol. The summed E-state index contributed by atoms with van der Waals surface area (Å²) in [7, 11) is 0. The highest BCUT2D eigenvalue weighted by Crippen LogP contribution is 2.40. The molecule has 0 bridgehead atoms. The summed E-state index contributed by atoms with van der Waals surface area (Å²) in [6.45, 7) is 6.00. The zero-order valence-electron chi connectivity index (χ0n) is 15.8. The first kappa shape index (κ1) is 17.5. The first-order valence-corrected chi connectivity index (χ1v) is 9.11. The van der Waals surface area contributed by atoms with E-state index in [-0.39, 0.29) is 12.1 Å². The fourth-order valence-corrected chi connectivity index (χ4v) is 3.05. The van der Waals surface area contributed by atoms with E-state index in [1.165, 1.54) is 0 Å². The Kier molecular flexibility index (Phi) is 4.09. The molecular formula is C20H23N5O2. The molecule has 1 aliphatic rings. The number of aromatic nitrogens is 4. The van der Waals surface area contributed by atoms with E-state index in [0.717, 1.165) is 29.4 Å². The summed E-state index contributed by atoms with van der Waals surface area (Å²) in [5.41, 5.74) is 7.83. The zero-order chi connectivity index (χ0) is 19.2. The second kappa shape index (κ2) is 6.33. The van der Waals surface area contributed by atoms with Crippen LogP contribution in [-0.2, 0) is 16.9 Å². The SMILES string of the molecule is CC(C)(C)n1nc(C2CC2)cc1C(=O)OCc1nc(N)c2ccccc2n1. The molecule has 0 atom stereocenters. The van der Waals surface area contributed by atoms with Crippen LogP contribution in [0, 0.1) is 0 Å². The highest BCUT2D eigenvalue weighted by Gasteiger charge is 2.31. The molecule has 0 amide bonds. The number of rotatable bonds is 4. The Balaban J connectivity index is 1.56. The molecule has 1 aromatic carbocycles. The van der Waals surface area contributed by atoms with Crippen LogP contribution < -0.4 is 5.73 Å². The van der Waals surface area contributed by atoms with Crippen molar-refractivity contribution in [2.75, 3.05) is 5.73 Å². The number of ether oxygens (including phenoxy) is 1. The maximum absolute atomic E-state index is 12.7. The lowest BCUT2D eigenvalue weighted by atomic mass is 10.1. The molecule has 1 saturated carbocycles. The molecule has 1 aliphatic carbocycles. The van der Waals surface area contributed by atoms with Crippen LogP contribution in [0.25, 0.3) is 10.9 Å². The topological polar surface area (TPSA) is 95.9 Å². The number of hydrogen-bond donors (Lipinski definition) is 1. The molecule has 140 valence electrons. The fraction of sp³-hybridized carbons (Fsp3) is 0.400. The molecule has 0 radical (unpaired) electrons. The zero-order valence-corrected chi connectivity index (χ0v) is 15.8. The largest absolute Gasteiger partial charge is 0.453 e. The van der Waals surface area contributed by atoms with Crippen LogP contribution in [0.4, 0.5) is 5.82 Å². The molecule has 1 fully saturated rings. The molecule has 2 heterocycles. The van der Waals surface area contributed by atoms with Crippen molar-refractivity contribution in [2.45, 2.75) is 51.7 Å². The van der Waals surface area contributed by atoms with E-state index in [1.54, 1.807) is 4.68 Å². The number of fused-ring (bicyclic) bond motifs is 1. The summed E-state index contributed by atoms with van der Waals surface area (Å²) >= 11 is 0. The van der Waals surface area contributed by atoms with Gasteiger partial charge in [0.15, 0.2) is 12.4 Å². The van der Waals surface area contributed by atoms with E-state index in [1.807, 2.05) is 51.1 Å². The van der Waals surface area contributed by atoms with Crippen LogP contribution in [0.1, 0.15) is 61.5 Å². The normalized spacial score (nSPS) is 14.5. The number of nitrogens with zero attached hydrogens (tertiary/aromatic N) is 4. The molecule has 0 spiro atoms. The number of carbonyl (C=O) groups is 1. The van der Waals surface area contributed by atoms with Crippen molar-refractivity contribution in [2.24, 2.45) is 0 Å². The Morgan fingerprint density at radius 1 is 1.26 bits per heavy atom. The Morgan fingerprint density at radius 3 is 2.70 bits per heavy atom. The van der Waals surface area contributed by atoms with Gasteiger partial charge in [0, 0.05) is 11.3 Å². The molecule has 7 nitrogen and oxygen atoms in total. The number of benzene rings is 1. The van der Waals surface area contributed by atoms with Gasteiger partial charge in [-0.15, -0.1) is 0 Å². The van der Waals surface area contributed by atoms with Crippen molar-refractivity contribution < 1.29 is 9.53 Å². The van der Waals surface area contributed by atoms with E-state index in [4.69, 9.17) is 10.5 Å². The number of nitrogen functional groups attached to an aromatic ring is 1. The summed E-state index contributed by atoms with van der Waals surface area (Å²) < 4.78 is 7.24. The molecule has 0 unspecified atom stereocenters. The number of para-hydroxylation sites is 1. The Hall–Kier alpha value is -2.96. The van der Waals surface area contributed by atoms with Crippen molar-refractivity contribution in [1.29, 1.82) is 0 Å². The summed E-state index contributed by atoms with van der Waals surface area (Å²) in [5.74, 6) is 0.787. The first-order chi connectivity index (χ1) is 12.8. The molecule has 2 N–H and O–H groups in total. The van der Waals surface area contributed by atoms with Crippen LogP contribution in [0.15, 0.2) is 30.3 Å². The smallest absolute Gasteiger partial charge is 0.357 e. The van der Waals surface area contributed by atoms with Gasteiger partial charge < -0.3 is 10.5 Å². The molecule has 27 heavy (non-hydrogen) atoms. The van der Waals surface area contributed by atoms with E-state index in [2.05, 4.69) is 15.1 Å². The Morgan fingerprint density at radius 2 is 2.00 bits per heavy atom. The highest BCUT2D eigenvalue weighted by molar-refractivity contribution is 5.88. The van der Waals surface area contributed by atoms with Crippen molar-refractivity contribution >= 4 is 22.7 Å². The van der Waals surface area contributed by atoms with Gasteiger partial charge in [-0.25, -0.2) is 14.8 Å². The average molecular weight is 365 g/mol. The van der Waals surface area contributed by atoms with Gasteiger partial charge in [0.05, 0.1) is 16.7 Å². The standard InChI is InChI=1S/C20H23N5O2/c1-20(2,3)25-16(10-15(24-25)12-8-9-12)19(26)27-11-17-22-14-7-5-4-6-13(14)18(21)23-17/h4-7,10,12H,8-9,11H2,1-3H3,(H2,21,22,23). The van der Waals surface area contributed by atoms with Gasteiger partial charge in [0.25, 0.3) is 0 Å². The van der Waals surface area contributed by atoms with E-state index in [9.17, 15) is 4.79 Å². The summed E-state index contributed by atoms with van der Waals surface area (Å²) in [5, 5.41) is 5.42. The van der Waals surface area contributed by atoms with Crippen LogP contribution in [0.3, 0.4) is 0 Å². The van der Waals surface area contributed by atoms with Gasteiger partial charge in [0.2, 0.25) is 0 Å². The van der Waals surface area contributed by atoms with E-state index in [0.29, 0.717) is 23.3 Å². The molecular weight excluding hydrogens is 342 g/mol. The molecule has 0 saturated heterocycles. The first-order valence-electron chi connectivity index (χ1n) is 9.11. The number of hydrogen-bond acceptors (Lipinski definition) is 6. The van der Waals surface area contributed by atoms with Gasteiger partial charge in [-0.05, 0) is 51.8 Å². The summed E-state index contributed by atoms with van der Waals surface area (Å²) in [6, 6.07) is 9.33. The van der Waals surface area contributed by atoms with Crippen molar-refractivity contribution in [3.63, 3.8) is 0 Å². The molecule has 2 aromatic heterocycles. The van der Waals surface area contributed by atoms with Gasteiger partial charge >= 0.3 is 5.97 Å². The maximum atomic E-state index is 12.7. The maximum Gasteiger partial charge on any atom is 0.357 e. The second-order valence-electron chi connectivity index (χ2n) is 7.93. The lowest BCUT2D eigenvalue weighted by Crippen LogP contribution is -2.28. The van der Waals surface area contributed by atoms with Gasteiger partial charge in [-0.2, -0.15) is 5.10 Å². The Bertz CT molecular complexity index is 1010. The third-order valence-electron chi connectivity index (χ3n) is 4.58. The summed E-state index contributed by atoms with van der Waals surface area (Å²) in [6.07, 6.45) is 2.25. The minimum Gasteiger partial charge on any atom is -0.453 e. The van der Waals surface area contributed by atoms with Crippen molar-refractivity contribution in [1.82, 2.24) is 19.7 Å². The second-order valence-corrected chi connectivity index (χ2v) is 7.93. The number of nitrogens with two attached hydrogens (primary N) is 1. The Labute approximate surface area is 157 Å².